The van der Waals surface area contributed by atoms with Crippen LogP contribution in [-0.4, -0.2) is 22.4 Å². The molecule has 0 spiro atoms. The first-order chi connectivity index (χ1) is 7.63. The average molecular weight is 220 g/mol. The first-order valence-electron chi connectivity index (χ1n) is 4.89. The summed E-state index contributed by atoms with van der Waals surface area (Å²) in [6, 6.07) is 0. The number of nitrogen functional groups attached to an aromatic ring is 1. The van der Waals surface area contributed by atoms with Crippen LogP contribution in [0.5, 0.6) is 0 Å². The van der Waals surface area contributed by atoms with E-state index in [0.717, 1.165) is 0 Å². The fraction of sp³-hybridized carbons (Fsp3) is 0.300. The molecule has 0 radical (unpaired) electrons. The number of anilines is 2. The van der Waals surface area contributed by atoms with Crippen molar-refractivity contribution in [3.8, 4) is 0 Å². The Balaban J connectivity index is 2.38. The SMILES string of the molecule is C=CC1CC(=O)N(c2nc[nH]c(=O)c2N)C1. The molecular formula is C10H12N4O2. The van der Waals surface area contributed by atoms with Crippen molar-refractivity contribution < 1.29 is 4.79 Å². The van der Waals surface area contributed by atoms with E-state index in [1.807, 2.05) is 0 Å². The van der Waals surface area contributed by atoms with E-state index in [-0.39, 0.29) is 23.3 Å². The average Bonchev–Trinajstić information content (AvgIpc) is 2.64. The van der Waals surface area contributed by atoms with Gasteiger partial charge in [0.05, 0.1) is 6.33 Å². The highest BCUT2D eigenvalue weighted by molar-refractivity contribution is 5.97. The van der Waals surface area contributed by atoms with Gasteiger partial charge in [0.15, 0.2) is 5.82 Å². The number of carbonyl (C=O) groups excluding carboxylic acids is 1. The molecule has 3 N–H and O–H groups in total. The molecule has 0 aromatic carbocycles. The molecule has 2 rings (SSSR count). The van der Waals surface area contributed by atoms with Gasteiger partial charge in [-0.1, -0.05) is 6.08 Å². The smallest absolute Gasteiger partial charge is 0.276 e. The topological polar surface area (TPSA) is 92.1 Å². The minimum Gasteiger partial charge on any atom is -0.391 e. The molecule has 1 aromatic heterocycles. The van der Waals surface area contributed by atoms with Gasteiger partial charge in [-0.15, -0.1) is 6.58 Å². The Morgan fingerprint density at radius 1 is 1.62 bits per heavy atom. The number of hydrogen-bond acceptors (Lipinski definition) is 4. The minimum absolute atomic E-state index is 0.0273. The van der Waals surface area contributed by atoms with Crippen molar-refractivity contribution in [2.75, 3.05) is 17.2 Å². The van der Waals surface area contributed by atoms with Crippen LogP contribution in [0.2, 0.25) is 0 Å². The lowest BCUT2D eigenvalue weighted by Crippen LogP contribution is -2.29. The van der Waals surface area contributed by atoms with Crippen LogP contribution in [0.1, 0.15) is 6.42 Å². The predicted molar refractivity (Wildman–Crippen MR) is 59.9 cm³/mol. The third-order valence-corrected chi connectivity index (χ3v) is 2.61. The van der Waals surface area contributed by atoms with Crippen molar-refractivity contribution in [1.82, 2.24) is 9.97 Å². The summed E-state index contributed by atoms with van der Waals surface area (Å²) in [5.41, 5.74) is 5.13. The Bertz CT molecular complexity index is 494. The highest BCUT2D eigenvalue weighted by Gasteiger charge is 2.31. The molecule has 6 heteroatoms. The van der Waals surface area contributed by atoms with E-state index in [1.54, 1.807) is 6.08 Å². The van der Waals surface area contributed by atoms with Crippen molar-refractivity contribution >= 4 is 17.4 Å². The van der Waals surface area contributed by atoms with Gasteiger partial charge in [-0.25, -0.2) is 4.98 Å². The maximum Gasteiger partial charge on any atom is 0.276 e. The monoisotopic (exact) mass is 220 g/mol. The fourth-order valence-electron chi connectivity index (χ4n) is 1.71. The van der Waals surface area contributed by atoms with E-state index >= 15 is 0 Å². The maximum absolute atomic E-state index is 11.7. The van der Waals surface area contributed by atoms with Crippen molar-refractivity contribution in [3.63, 3.8) is 0 Å². The zero-order valence-electron chi connectivity index (χ0n) is 8.64. The highest BCUT2D eigenvalue weighted by atomic mass is 16.2. The number of nitrogens with zero attached hydrogens (tertiary/aromatic N) is 2. The second-order valence-corrected chi connectivity index (χ2v) is 3.67. The summed E-state index contributed by atoms with van der Waals surface area (Å²) in [5.74, 6) is 0.237. The predicted octanol–water partition coefficient (Wildman–Crippen LogP) is -0.109. The Labute approximate surface area is 91.8 Å². The number of rotatable bonds is 2. The molecule has 84 valence electrons. The zero-order chi connectivity index (χ0) is 11.7. The molecule has 0 saturated carbocycles. The largest absolute Gasteiger partial charge is 0.391 e. The molecule has 6 nitrogen and oxygen atoms in total. The van der Waals surface area contributed by atoms with E-state index in [0.29, 0.717) is 13.0 Å². The second kappa shape index (κ2) is 3.80. The number of carbonyl (C=O) groups is 1. The summed E-state index contributed by atoms with van der Waals surface area (Å²) < 4.78 is 0. The van der Waals surface area contributed by atoms with Crippen LogP contribution in [0.3, 0.4) is 0 Å². The van der Waals surface area contributed by atoms with Crippen LogP contribution in [0.25, 0.3) is 0 Å². The molecule has 1 fully saturated rings. The van der Waals surface area contributed by atoms with Gasteiger partial charge in [0.1, 0.15) is 5.69 Å². The number of aromatic nitrogens is 2. The highest BCUT2D eigenvalue weighted by Crippen LogP contribution is 2.25. The molecule has 1 atom stereocenters. The molecule has 1 amide bonds. The van der Waals surface area contributed by atoms with Gasteiger partial charge in [0, 0.05) is 18.9 Å². The van der Waals surface area contributed by atoms with Crippen LogP contribution in [0, 0.1) is 5.92 Å². The first kappa shape index (κ1) is 10.4. The molecule has 0 bridgehead atoms. The standard InChI is InChI=1S/C10H12N4O2/c1-2-6-3-7(15)14(4-6)9-8(11)10(16)13-5-12-9/h2,5-6H,1,3-4,11H2,(H,12,13,16). The molecule has 1 aromatic rings. The summed E-state index contributed by atoms with van der Waals surface area (Å²) in [4.78, 5) is 30.7. The number of H-pyrrole nitrogens is 1. The number of aromatic amines is 1. The Kier molecular flexibility index (Phi) is 2.47. The second-order valence-electron chi connectivity index (χ2n) is 3.67. The fourth-order valence-corrected chi connectivity index (χ4v) is 1.71. The van der Waals surface area contributed by atoms with Gasteiger partial charge in [0.2, 0.25) is 5.91 Å². The number of amides is 1. The Hall–Kier alpha value is -2.11. The summed E-state index contributed by atoms with van der Waals surface area (Å²) >= 11 is 0. The number of nitrogens with two attached hydrogens (primary N) is 1. The van der Waals surface area contributed by atoms with Gasteiger partial charge >= 0.3 is 0 Å². The maximum atomic E-state index is 11.7. The van der Waals surface area contributed by atoms with Gasteiger partial charge < -0.3 is 10.7 Å². The van der Waals surface area contributed by atoms with Crippen molar-refractivity contribution in [3.05, 3.63) is 29.3 Å². The zero-order valence-corrected chi connectivity index (χ0v) is 8.64. The van der Waals surface area contributed by atoms with Crippen molar-refractivity contribution in [1.29, 1.82) is 0 Å². The van der Waals surface area contributed by atoms with Gasteiger partial charge in [-0.05, 0) is 0 Å². The molecule has 0 aliphatic carbocycles. The molecule has 1 aliphatic heterocycles. The lowest BCUT2D eigenvalue weighted by molar-refractivity contribution is -0.117. The quantitative estimate of drug-likeness (QED) is 0.680. The molecular weight excluding hydrogens is 208 g/mol. The van der Waals surface area contributed by atoms with E-state index in [4.69, 9.17) is 5.73 Å². The third kappa shape index (κ3) is 1.58. The summed E-state index contributed by atoms with van der Waals surface area (Å²) in [7, 11) is 0. The van der Waals surface area contributed by atoms with Crippen molar-refractivity contribution in [2.45, 2.75) is 6.42 Å². The molecule has 2 heterocycles. The normalized spacial score (nSPS) is 20.1. The Morgan fingerprint density at radius 3 is 3.00 bits per heavy atom. The van der Waals surface area contributed by atoms with Crippen LogP contribution in [0.4, 0.5) is 11.5 Å². The van der Waals surface area contributed by atoms with Crippen LogP contribution < -0.4 is 16.2 Å². The summed E-state index contributed by atoms with van der Waals surface area (Å²) in [5, 5.41) is 0. The van der Waals surface area contributed by atoms with Crippen LogP contribution >= 0.6 is 0 Å². The Morgan fingerprint density at radius 2 is 2.38 bits per heavy atom. The molecule has 1 unspecified atom stereocenters. The lowest BCUT2D eigenvalue weighted by Gasteiger charge is -2.15. The minimum atomic E-state index is -0.431. The van der Waals surface area contributed by atoms with E-state index < -0.39 is 5.56 Å². The van der Waals surface area contributed by atoms with Crippen LogP contribution in [-0.2, 0) is 4.79 Å². The summed E-state index contributed by atoms with van der Waals surface area (Å²) in [6.45, 7) is 4.12. The van der Waals surface area contributed by atoms with E-state index in [9.17, 15) is 9.59 Å². The number of nitrogens with one attached hydrogen (secondary N) is 1. The van der Waals surface area contributed by atoms with E-state index in [1.165, 1.54) is 11.2 Å². The van der Waals surface area contributed by atoms with Gasteiger partial charge in [-0.3, -0.25) is 14.5 Å². The molecule has 16 heavy (non-hydrogen) atoms. The lowest BCUT2D eigenvalue weighted by atomic mass is 10.1. The summed E-state index contributed by atoms with van der Waals surface area (Å²) in [6.07, 6.45) is 3.35. The van der Waals surface area contributed by atoms with Crippen molar-refractivity contribution in [2.24, 2.45) is 5.92 Å². The molecule has 1 saturated heterocycles. The first-order valence-corrected chi connectivity index (χ1v) is 4.89. The van der Waals surface area contributed by atoms with Crippen LogP contribution in [0.15, 0.2) is 23.8 Å². The van der Waals surface area contributed by atoms with Gasteiger partial charge in [-0.2, -0.15) is 0 Å². The van der Waals surface area contributed by atoms with Gasteiger partial charge in [0.25, 0.3) is 5.56 Å². The third-order valence-electron chi connectivity index (χ3n) is 2.61. The number of hydrogen-bond donors (Lipinski definition) is 2. The van der Waals surface area contributed by atoms with E-state index in [2.05, 4.69) is 16.5 Å². The molecule has 1 aliphatic rings.